The number of benzene rings is 1. The minimum absolute atomic E-state index is 0.0393. The van der Waals surface area contributed by atoms with Gasteiger partial charge in [0, 0.05) is 17.5 Å². The van der Waals surface area contributed by atoms with Gasteiger partial charge in [-0.1, -0.05) is 30.7 Å². The van der Waals surface area contributed by atoms with E-state index >= 15 is 0 Å². The lowest BCUT2D eigenvalue weighted by atomic mass is 9.78. The number of allylic oxidation sites excluding steroid dienone is 2. The molecular weight excluding hydrogens is 446 g/mol. The Bertz CT molecular complexity index is 1010. The molecule has 0 bridgehead atoms. The summed E-state index contributed by atoms with van der Waals surface area (Å²) >= 11 is 0. The lowest BCUT2D eigenvalue weighted by Gasteiger charge is -2.31. The molecule has 7 heteroatoms. The molecule has 1 saturated carbocycles. The Labute approximate surface area is 207 Å². The van der Waals surface area contributed by atoms with Crippen molar-refractivity contribution in [3.8, 4) is 0 Å². The molecule has 0 amide bonds. The van der Waals surface area contributed by atoms with E-state index < -0.39 is 23.8 Å². The van der Waals surface area contributed by atoms with E-state index in [1.807, 2.05) is 24.3 Å². The Morgan fingerprint density at radius 1 is 0.914 bits per heavy atom. The van der Waals surface area contributed by atoms with E-state index in [1.165, 1.54) is 12.5 Å². The first-order valence-electron chi connectivity index (χ1n) is 12.4. The highest BCUT2D eigenvalue weighted by Gasteiger charge is 2.38. The molecule has 1 aliphatic heterocycles. The van der Waals surface area contributed by atoms with E-state index in [2.05, 4.69) is 5.32 Å². The molecule has 1 aliphatic carbocycles. The summed E-state index contributed by atoms with van der Waals surface area (Å²) in [7, 11) is 0. The molecule has 0 spiro atoms. The molecule has 0 unspecified atom stereocenters. The maximum atomic E-state index is 13.0. The molecule has 35 heavy (non-hydrogen) atoms. The maximum absolute atomic E-state index is 13.0. The number of ether oxygens (including phenoxy) is 3. The van der Waals surface area contributed by atoms with E-state index in [9.17, 15) is 14.4 Å². The van der Waals surface area contributed by atoms with Crippen molar-refractivity contribution in [3.63, 3.8) is 0 Å². The molecule has 188 valence electrons. The molecule has 7 nitrogen and oxygen atoms in total. The molecule has 1 aromatic carbocycles. The molecule has 0 saturated heterocycles. The first kappa shape index (κ1) is 26.3. The van der Waals surface area contributed by atoms with Gasteiger partial charge in [-0.05, 0) is 70.6 Å². The lowest BCUT2D eigenvalue weighted by molar-refractivity contribution is -0.144. The Balaban J connectivity index is 2.01. The van der Waals surface area contributed by atoms with Crippen molar-refractivity contribution in [3.05, 3.63) is 64.0 Å². The molecule has 1 aromatic rings. The molecule has 1 N–H and O–H groups in total. The van der Waals surface area contributed by atoms with E-state index in [1.54, 1.807) is 33.8 Å². The van der Waals surface area contributed by atoms with Crippen LogP contribution in [0.1, 0.15) is 76.8 Å². The highest BCUT2D eigenvalue weighted by molar-refractivity contribution is 6.00. The van der Waals surface area contributed by atoms with Crippen molar-refractivity contribution in [2.24, 2.45) is 0 Å². The minimum Gasteiger partial charge on any atom is -0.463 e. The fourth-order valence-electron chi connectivity index (χ4n) is 4.73. The zero-order valence-corrected chi connectivity index (χ0v) is 21.0. The fraction of sp³-hybridized carbons (Fsp3) is 0.464. The van der Waals surface area contributed by atoms with Gasteiger partial charge in [0.25, 0.3) is 0 Å². The first-order valence-corrected chi connectivity index (χ1v) is 12.4. The molecule has 3 rings (SSSR count). The number of carbonyl (C=O) groups excluding carboxylic acids is 3. The summed E-state index contributed by atoms with van der Waals surface area (Å²) in [4.78, 5) is 38.6. The average molecular weight is 482 g/mol. The third kappa shape index (κ3) is 6.41. The van der Waals surface area contributed by atoms with Gasteiger partial charge in [0.2, 0.25) is 0 Å². The SMILES string of the molecule is CCOC(=O)C1=C(C)NC(C)=C(C(=O)OCC)C1c1ccccc1/C=C/C(=O)OC1CCCCC1. The zero-order chi connectivity index (χ0) is 25.4. The second kappa shape index (κ2) is 12.4. The van der Waals surface area contributed by atoms with Gasteiger partial charge in [-0.15, -0.1) is 0 Å². The van der Waals surface area contributed by atoms with Crippen LogP contribution in [0.2, 0.25) is 0 Å². The number of esters is 3. The molecule has 0 radical (unpaired) electrons. The largest absolute Gasteiger partial charge is 0.463 e. The Kier molecular flexibility index (Phi) is 9.29. The monoisotopic (exact) mass is 481 g/mol. The molecule has 1 fully saturated rings. The zero-order valence-electron chi connectivity index (χ0n) is 21.0. The highest BCUT2D eigenvalue weighted by atomic mass is 16.5. The standard InChI is InChI=1S/C28H35NO6/c1-5-33-27(31)24-18(3)29-19(4)25(28(32)34-6-2)26(24)22-15-11-10-12-20(22)16-17-23(30)35-21-13-8-7-9-14-21/h10-12,15-17,21,26,29H,5-9,13-14H2,1-4H3/b17-16+. The van der Waals surface area contributed by atoms with E-state index in [-0.39, 0.29) is 19.3 Å². The van der Waals surface area contributed by atoms with Gasteiger partial charge in [-0.25, -0.2) is 14.4 Å². The predicted molar refractivity (Wildman–Crippen MR) is 133 cm³/mol. The number of dihydropyridines is 1. The molecular formula is C28H35NO6. The smallest absolute Gasteiger partial charge is 0.336 e. The summed E-state index contributed by atoms with van der Waals surface area (Å²) in [6.45, 7) is 7.44. The van der Waals surface area contributed by atoms with Crippen LogP contribution in [0, 0.1) is 0 Å². The Morgan fingerprint density at radius 3 is 2.06 bits per heavy atom. The summed E-state index contributed by atoms with van der Waals surface area (Å²) < 4.78 is 16.3. The number of rotatable bonds is 8. The summed E-state index contributed by atoms with van der Waals surface area (Å²) in [5, 5.41) is 3.14. The van der Waals surface area contributed by atoms with Crippen LogP contribution in [0.15, 0.2) is 52.9 Å². The minimum atomic E-state index is -0.718. The maximum Gasteiger partial charge on any atom is 0.336 e. The second-order valence-corrected chi connectivity index (χ2v) is 8.74. The van der Waals surface area contributed by atoms with Crippen molar-refractivity contribution >= 4 is 24.0 Å². The molecule has 0 aromatic heterocycles. The second-order valence-electron chi connectivity index (χ2n) is 8.74. The Morgan fingerprint density at radius 2 is 1.49 bits per heavy atom. The quantitative estimate of drug-likeness (QED) is 0.320. The normalized spacial score (nSPS) is 17.4. The summed E-state index contributed by atoms with van der Waals surface area (Å²) in [5.74, 6) is -2.13. The third-order valence-electron chi connectivity index (χ3n) is 6.29. The van der Waals surface area contributed by atoms with Crippen LogP contribution < -0.4 is 5.32 Å². The van der Waals surface area contributed by atoms with E-state index in [4.69, 9.17) is 14.2 Å². The lowest BCUT2D eigenvalue weighted by Crippen LogP contribution is -2.32. The van der Waals surface area contributed by atoms with Crippen molar-refractivity contribution in [1.29, 1.82) is 0 Å². The molecule has 2 aliphatic rings. The highest BCUT2D eigenvalue weighted by Crippen LogP contribution is 2.41. The van der Waals surface area contributed by atoms with Crippen LogP contribution in [0.25, 0.3) is 6.08 Å². The van der Waals surface area contributed by atoms with Crippen molar-refractivity contribution in [1.82, 2.24) is 5.32 Å². The van der Waals surface area contributed by atoms with Crippen LogP contribution in [0.5, 0.6) is 0 Å². The van der Waals surface area contributed by atoms with Gasteiger partial charge in [0.1, 0.15) is 6.10 Å². The van der Waals surface area contributed by atoms with Gasteiger partial charge in [0.05, 0.1) is 30.3 Å². The summed E-state index contributed by atoms with van der Waals surface area (Å²) in [6.07, 6.45) is 8.17. The van der Waals surface area contributed by atoms with Crippen molar-refractivity contribution in [2.75, 3.05) is 13.2 Å². The molecule has 1 heterocycles. The average Bonchev–Trinajstić information content (AvgIpc) is 2.83. The summed E-state index contributed by atoms with van der Waals surface area (Å²) in [5.41, 5.74) is 3.28. The molecule has 0 atom stereocenters. The topological polar surface area (TPSA) is 90.9 Å². The van der Waals surface area contributed by atoms with Crippen LogP contribution in [-0.4, -0.2) is 37.2 Å². The van der Waals surface area contributed by atoms with E-state index in [0.29, 0.717) is 33.7 Å². The van der Waals surface area contributed by atoms with Crippen LogP contribution in [0.4, 0.5) is 0 Å². The predicted octanol–water partition coefficient (Wildman–Crippen LogP) is 4.94. The van der Waals surface area contributed by atoms with Gasteiger partial charge >= 0.3 is 17.9 Å². The van der Waals surface area contributed by atoms with Crippen LogP contribution in [-0.2, 0) is 28.6 Å². The van der Waals surface area contributed by atoms with Crippen LogP contribution in [0.3, 0.4) is 0 Å². The number of nitrogens with one attached hydrogen (secondary N) is 1. The van der Waals surface area contributed by atoms with Crippen molar-refractivity contribution < 1.29 is 28.6 Å². The van der Waals surface area contributed by atoms with Gasteiger partial charge in [-0.3, -0.25) is 0 Å². The van der Waals surface area contributed by atoms with Crippen molar-refractivity contribution in [2.45, 2.75) is 71.8 Å². The van der Waals surface area contributed by atoms with Gasteiger partial charge in [0.15, 0.2) is 0 Å². The first-order chi connectivity index (χ1) is 16.9. The van der Waals surface area contributed by atoms with E-state index in [0.717, 1.165) is 25.7 Å². The fourth-order valence-corrected chi connectivity index (χ4v) is 4.73. The Hall–Kier alpha value is -3.35. The van der Waals surface area contributed by atoms with Gasteiger partial charge in [-0.2, -0.15) is 0 Å². The third-order valence-corrected chi connectivity index (χ3v) is 6.29. The summed E-state index contributed by atoms with van der Waals surface area (Å²) in [6, 6.07) is 7.38. The van der Waals surface area contributed by atoms with Gasteiger partial charge < -0.3 is 19.5 Å². The number of hydrogen-bond donors (Lipinski definition) is 1. The van der Waals surface area contributed by atoms with Crippen LogP contribution >= 0.6 is 0 Å². The number of carbonyl (C=O) groups is 3. The number of hydrogen-bond acceptors (Lipinski definition) is 7.